The minimum Gasteiger partial charge on any atom is -0.400 e. The van der Waals surface area contributed by atoms with Crippen LogP contribution in [-0.4, -0.2) is 18.0 Å². The maximum Gasteiger partial charge on any atom is 0.0319 e. The summed E-state index contributed by atoms with van der Waals surface area (Å²) in [6.45, 7) is 2.20. The summed E-state index contributed by atoms with van der Waals surface area (Å²) in [6, 6.07) is 0. The molecule has 8 heavy (non-hydrogen) atoms. The monoisotopic (exact) mass is 136 g/mol. The van der Waals surface area contributed by atoms with E-state index in [1.165, 1.54) is 19.3 Å². The standard InChI is InChI=1S/C5H12S.CH4O/c1-2-3-4-5-6;1-2/h6H,2-5H2,1H3;2H,1H3. The molecular weight excluding hydrogens is 120 g/mol. The quantitative estimate of drug-likeness (QED) is 0.447. The highest BCUT2D eigenvalue weighted by Gasteiger charge is 1.75. The molecule has 0 unspecified atom stereocenters. The zero-order valence-corrected chi connectivity index (χ0v) is 6.62. The summed E-state index contributed by atoms with van der Waals surface area (Å²) in [6.07, 6.45) is 3.92. The molecule has 0 aromatic carbocycles. The molecule has 1 nitrogen and oxygen atoms in total. The van der Waals surface area contributed by atoms with E-state index in [2.05, 4.69) is 19.6 Å². The van der Waals surface area contributed by atoms with Gasteiger partial charge in [0.15, 0.2) is 0 Å². The Kier molecular flexibility index (Phi) is 21.8. The van der Waals surface area contributed by atoms with Crippen LogP contribution in [-0.2, 0) is 0 Å². The van der Waals surface area contributed by atoms with Crippen molar-refractivity contribution in [3.8, 4) is 0 Å². The normalized spacial score (nSPS) is 7.50. The number of aliphatic hydroxyl groups excluding tert-OH is 1. The Morgan fingerprint density at radius 3 is 1.88 bits per heavy atom. The van der Waals surface area contributed by atoms with E-state index in [0.717, 1.165) is 12.9 Å². The first kappa shape index (κ1) is 11.2. The Labute approximate surface area is 57.5 Å². The third kappa shape index (κ3) is 16.2. The van der Waals surface area contributed by atoms with Gasteiger partial charge in [-0.3, -0.25) is 0 Å². The van der Waals surface area contributed by atoms with E-state index in [-0.39, 0.29) is 0 Å². The van der Waals surface area contributed by atoms with Crippen LogP contribution < -0.4 is 0 Å². The molecule has 0 atom stereocenters. The van der Waals surface area contributed by atoms with Crippen LogP contribution in [0.15, 0.2) is 0 Å². The van der Waals surface area contributed by atoms with Crippen molar-refractivity contribution in [2.45, 2.75) is 26.2 Å². The molecule has 1 N–H and O–H groups in total. The van der Waals surface area contributed by atoms with E-state index in [9.17, 15) is 0 Å². The second kappa shape index (κ2) is 15.7. The number of hydrogen-bond acceptors (Lipinski definition) is 2. The molecule has 0 saturated heterocycles. The van der Waals surface area contributed by atoms with Crippen molar-refractivity contribution >= 4 is 12.6 Å². The number of aliphatic hydroxyl groups is 1. The van der Waals surface area contributed by atoms with Crippen LogP contribution in [0.3, 0.4) is 0 Å². The molecule has 0 aliphatic carbocycles. The summed E-state index contributed by atoms with van der Waals surface area (Å²) in [7, 11) is 1.00. The number of unbranched alkanes of at least 4 members (excludes halogenated alkanes) is 2. The highest BCUT2D eigenvalue weighted by molar-refractivity contribution is 7.80. The van der Waals surface area contributed by atoms with E-state index >= 15 is 0 Å². The Hall–Kier alpha value is 0.310. The summed E-state index contributed by atoms with van der Waals surface area (Å²) >= 11 is 4.05. The predicted octanol–water partition coefficient (Wildman–Crippen LogP) is 1.71. The van der Waals surface area contributed by atoms with Gasteiger partial charge in [0.25, 0.3) is 0 Å². The molecule has 0 radical (unpaired) electrons. The molecular formula is C6H16OS. The SMILES string of the molecule is CCCCCS.CO. The van der Waals surface area contributed by atoms with Crippen LogP contribution in [0.4, 0.5) is 0 Å². The van der Waals surface area contributed by atoms with Gasteiger partial charge in [-0.2, -0.15) is 12.6 Å². The summed E-state index contributed by atoms with van der Waals surface area (Å²) in [4.78, 5) is 0. The van der Waals surface area contributed by atoms with Crippen LogP contribution in [0.25, 0.3) is 0 Å². The molecule has 0 aromatic rings. The molecule has 0 amide bonds. The van der Waals surface area contributed by atoms with E-state index in [1.807, 2.05) is 0 Å². The van der Waals surface area contributed by atoms with Crippen molar-refractivity contribution in [2.24, 2.45) is 0 Å². The Morgan fingerprint density at radius 2 is 1.75 bits per heavy atom. The molecule has 0 saturated carbocycles. The van der Waals surface area contributed by atoms with Crippen molar-refractivity contribution in [1.29, 1.82) is 0 Å². The molecule has 0 fully saturated rings. The smallest absolute Gasteiger partial charge is 0.0319 e. The van der Waals surface area contributed by atoms with Crippen LogP contribution in [0.2, 0.25) is 0 Å². The topological polar surface area (TPSA) is 20.2 Å². The minimum absolute atomic E-state index is 1.00. The Balaban J connectivity index is 0. The number of rotatable bonds is 3. The lowest BCUT2D eigenvalue weighted by Crippen LogP contribution is -1.70. The average Bonchev–Trinajstić information content (AvgIpc) is 1.88. The first-order chi connectivity index (χ1) is 3.91. The summed E-state index contributed by atoms with van der Waals surface area (Å²) in [5.41, 5.74) is 0. The molecule has 0 spiro atoms. The third-order valence-corrected chi connectivity index (χ3v) is 1.08. The fourth-order valence-corrected chi connectivity index (χ4v) is 0.585. The molecule has 2 heteroatoms. The third-order valence-electron chi connectivity index (χ3n) is 0.762. The molecule has 0 heterocycles. The van der Waals surface area contributed by atoms with Crippen molar-refractivity contribution in [2.75, 3.05) is 12.9 Å². The molecule has 52 valence electrons. The summed E-state index contributed by atoms with van der Waals surface area (Å²) in [5, 5.41) is 7.00. The second-order valence-corrected chi connectivity index (χ2v) is 1.88. The van der Waals surface area contributed by atoms with Gasteiger partial charge in [0.1, 0.15) is 0 Å². The zero-order valence-electron chi connectivity index (χ0n) is 5.72. The molecule has 0 aliphatic heterocycles. The van der Waals surface area contributed by atoms with Crippen molar-refractivity contribution in [1.82, 2.24) is 0 Å². The van der Waals surface area contributed by atoms with Gasteiger partial charge in [-0.25, -0.2) is 0 Å². The van der Waals surface area contributed by atoms with Gasteiger partial charge >= 0.3 is 0 Å². The fourth-order valence-electron chi connectivity index (χ4n) is 0.362. The van der Waals surface area contributed by atoms with E-state index in [4.69, 9.17) is 5.11 Å². The number of thiol groups is 1. The van der Waals surface area contributed by atoms with Crippen molar-refractivity contribution in [3.05, 3.63) is 0 Å². The van der Waals surface area contributed by atoms with Gasteiger partial charge in [0.2, 0.25) is 0 Å². The molecule has 0 aromatic heterocycles. The molecule has 0 aliphatic rings. The first-order valence-corrected chi connectivity index (χ1v) is 3.60. The van der Waals surface area contributed by atoms with Gasteiger partial charge in [-0.1, -0.05) is 19.8 Å². The fraction of sp³-hybridized carbons (Fsp3) is 1.00. The summed E-state index contributed by atoms with van der Waals surface area (Å²) < 4.78 is 0. The predicted molar refractivity (Wildman–Crippen MR) is 41.5 cm³/mol. The van der Waals surface area contributed by atoms with Crippen LogP contribution in [0.5, 0.6) is 0 Å². The van der Waals surface area contributed by atoms with E-state index in [0.29, 0.717) is 0 Å². The van der Waals surface area contributed by atoms with Crippen LogP contribution in [0.1, 0.15) is 26.2 Å². The lowest BCUT2D eigenvalue weighted by atomic mass is 10.3. The van der Waals surface area contributed by atoms with Crippen LogP contribution in [0, 0.1) is 0 Å². The van der Waals surface area contributed by atoms with Crippen LogP contribution >= 0.6 is 12.6 Å². The lowest BCUT2D eigenvalue weighted by Gasteiger charge is -1.85. The van der Waals surface area contributed by atoms with Gasteiger partial charge in [-0.15, -0.1) is 0 Å². The van der Waals surface area contributed by atoms with Gasteiger partial charge < -0.3 is 5.11 Å². The maximum atomic E-state index is 7.00. The summed E-state index contributed by atoms with van der Waals surface area (Å²) in [5.74, 6) is 1.05. The second-order valence-electron chi connectivity index (χ2n) is 1.43. The Morgan fingerprint density at radius 1 is 1.25 bits per heavy atom. The highest BCUT2D eigenvalue weighted by Crippen LogP contribution is 1.93. The average molecular weight is 136 g/mol. The molecule has 0 rings (SSSR count). The highest BCUT2D eigenvalue weighted by atomic mass is 32.1. The molecule has 0 bridgehead atoms. The first-order valence-electron chi connectivity index (χ1n) is 2.97. The largest absolute Gasteiger partial charge is 0.400 e. The number of hydrogen-bond donors (Lipinski definition) is 2. The zero-order chi connectivity index (χ0) is 6.83. The van der Waals surface area contributed by atoms with Crippen molar-refractivity contribution in [3.63, 3.8) is 0 Å². The van der Waals surface area contributed by atoms with Gasteiger partial charge in [0, 0.05) is 7.11 Å². The minimum atomic E-state index is 1.00. The van der Waals surface area contributed by atoms with E-state index < -0.39 is 0 Å². The maximum absolute atomic E-state index is 7.00. The van der Waals surface area contributed by atoms with Gasteiger partial charge in [0.05, 0.1) is 0 Å². The Bertz CT molecular complexity index is 20.5. The van der Waals surface area contributed by atoms with Crippen molar-refractivity contribution < 1.29 is 5.11 Å². The lowest BCUT2D eigenvalue weighted by molar-refractivity contribution is 0.399. The van der Waals surface area contributed by atoms with E-state index in [1.54, 1.807) is 0 Å². The van der Waals surface area contributed by atoms with Gasteiger partial charge in [-0.05, 0) is 12.2 Å².